The van der Waals surface area contributed by atoms with Gasteiger partial charge in [0.15, 0.2) is 19.3 Å². The van der Waals surface area contributed by atoms with Crippen molar-refractivity contribution in [2.45, 2.75) is 44.1 Å². The van der Waals surface area contributed by atoms with Crippen molar-refractivity contribution in [1.29, 1.82) is 0 Å². The molecule has 0 saturated heterocycles. The molecule has 0 saturated carbocycles. The van der Waals surface area contributed by atoms with Crippen LogP contribution in [-0.4, -0.2) is 35.4 Å². The topological polar surface area (TPSA) is 39.9 Å². The smallest absolute Gasteiger partial charge is 0.192 e. The Morgan fingerprint density at radius 3 is 2.39 bits per heavy atom. The van der Waals surface area contributed by atoms with Crippen molar-refractivity contribution in [2.75, 3.05) is 12.4 Å². The van der Waals surface area contributed by atoms with Crippen LogP contribution < -0.4 is 0 Å². The minimum atomic E-state index is -1.66. The predicted molar refractivity (Wildman–Crippen MR) is 100 cm³/mol. The number of thioether (sulfide) groups is 1. The van der Waals surface area contributed by atoms with Crippen molar-refractivity contribution >= 4 is 20.1 Å². The van der Waals surface area contributed by atoms with Crippen molar-refractivity contribution in [3.05, 3.63) is 30.3 Å². The van der Waals surface area contributed by atoms with Gasteiger partial charge in [0.2, 0.25) is 0 Å². The maximum atomic E-state index is 6.21. The van der Waals surface area contributed by atoms with Gasteiger partial charge in [0.1, 0.15) is 0 Å². The third-order valence-corrected chi connectivity index (χ3v) is 9.97. The number of hydrogen-bond donors (Lipinski definition) is 0. The molecule has 0 amide bonds. The molecule has 0 fully saturated rings. The van der Waals surface area contributed by atoms with Crippen molar-refractivity contribution in [3.8, 4) is 11.4 Å². The summed E-state index contributed by atoms with van der Waals surface area (Å²) in [6, 6.07) is 10.2. The maximum Gasteiger partial charge on any atom is 0.192 e. The van der Waals surface area contributed by atoms with E-state index in [9.17, 15) is 0 Å². The number of hydrogen-bond acceptors (Lipinski definition) is 4. The van der Waals surface area contributed by atoms with Crippen LogP contribution in [0.25, 0.3) is 11.4 Å². The Kier molecular flexibility index (Phi) is 5.70. The molecule has 6 heteroatoms. The van der Waals surface area contributed by atoms with Gasteiger partial charge in [-0.2, -0.15) is 0 Å². The van der Waals surface area contributed by atoms with E-state index < -0.39 is 8.32 Å². The van der Waals surface area contributed by atoms with E-state index in [4.69, 9.17) is 4.43 Å². The lowest BCUT2D eigenvalue weighted by atomic mass is 10.2. The molecule has 0 aliphatic carbocycles. The van der Waals surface area contributed by atoms with Gasteiger partial charge in [-0.15, -0.1) is 10.2 Å². The third-order valence-electron chi connectivity index (χ3n) is 4.45. The highest BCUT2D eigenvalue weighted by Crippen LogP contribution is 2.36. The summed E-state index contributed by atoms with van der Waals surface area (Å²) in [4.78, 5) is 0. The zero-order valence-corrected chi connectivity index (χ0v) is 16.8. The summed E-state index contributed by atoms with van der Waals surface area (Å²) in [6.45, 7) is 12.1. The molecule has 0 spiro atoms. The average molecular weight is 350 g/mol. The first-order valence-electron chi connectivity index (χ1n) is 7.94. The Hall–Kier alpha value is -1.11. The fourth-order valence-corrected chi connectivity index (χ4v) is 3.85. The summed E-state index contributed by atoms with van der Waals surface area (Å²) in [6.07, 6.45) is 0. The molecule has 2 rings (SSSR count). The summed E-state index contributed by atoms with van der Waals surface area (Å²) >= 11 is 1.70. The van der Waals surface area contributed by atoms with Crippen molar-refractivity contribution in [1.82, 2.24) is 14.8 Å². The minimum Gasteiger partial charge on any atom is -0.416 e. The SMILES string of the molecule is Cn1c(SCCO[Si](C)(C)C(C)(C)C)nnc1-c1ccccc1. The summed E-state index contributed by atoms with van der Waals surface area (Å²) in [5, 5.41) is 9.81. The first kappa shape index (κ1) is 18.2. The van der Waals surface area contributed by atoms with Crippen LogP contribution >= 0.6 is 11.8 Å². The molecule has 4 nitrogen and oxygen atoms in total. The Balaban J connectivity index is 1.92. The van der Waals surface area contributed by atoms with E-state index in [1.165, 1.54) is 0 Å². The molecule has 0 unspecified atom stereocenters. The Morgan fingerprint density at radius 1 is 1.13 bits per heavy atom. The highest BCUT2D eigenvalue weighted by molar-refractivity contribution is 7.99. The minimum absolute atomic E-state index is 0.253. The highest BCUT2D eigenvalue weighted by atomic mass is 32.2. The molecule has 0 radical (unpaired) electrons. The summed E-state index contributed by atoms with van der Waals surface area (Å²) < 4.78 is 8.26. The monoisotopic (exact) mass is 349 g/mol. The molecule has 2 aromatic rings. The van der Waals surface area contributed by atoms with Gasteiger partial charge in [-0.3, -0.25) is 0 Å². The molecule has 0 bridgehead atoms. The number of nitrogens with zero attached hydrogens (tertiary/aromatic N) is 3. The molecule has 0 aliphatic rings. The van der Waals surface area contributed by atoms with Gasteiger partial charge in [0.05, 0.1) is 0 Å². The molecule has 23 heavy (non-hydrogen) atoms. The van der Waals surface area contributed by atoms with E-state index in [1.807, 2.05) is 29.8 Å². The summed E-state index contributed by atoms with van der Waals surface area (Å²) in [7, 11) is 0.353. The molecule has 0 N–H and O–H groups in total. The molecule has 1 aromatic carbocycles. The van der Waals surface area contributed by atoms with Crippen LogP contribution in [0.4, 0.5) is 0 Å². The van der Waals surface area contributed by atoms with Crippen molar-refractivity contribution in [2.24, 2.45) is 7.05 Å². The van der Waals surface area contributed by atoms with E-state index >= 15 is 0 Å². The van der Waals surface area contributed by atoms with Gasteiger partial charge in [-0.05, 0) is 18.1 Å². The first-order chi connectivity index (χ1) is 10.7. The van der Waals surface area contributed by atoms with Crippen molar-refractivity contribution < 1.29 is 4.43 Å². The average Bonchev–Trinajstić information content (AvgIpc) is 2.84. The standard InChI is InChI=1S/C17H27N3OSSi/c1-17(2,3)23(5,6)21-12-13-22-16-19-18-15(20(16)4)14-10-8-7-9-11-14/h7-11H,12-13H2,1-6H3. The lowest BCUT2D eigenvalue weighted by Crippen LogP contribution is -2.41. The molecule has 1 heterocycles. The van der Waals surface area contributed by atoms with Gasteiger partial charge in [-0.1, -0.05) is 62.9 Å². The normalized spacial score (nSPS) is 12.6. The number of rotatable bonds is 6. The van der Waals surface area contributed by atoms with Crippen molar-refractivity contribution in [3.63, 3.8) is 0 Å². The second-order valence-electron chi connectivity index (χ2n) is 7.19. The molecule has 0 aliphatic heterocycles. The van der Waals surface area contributed by atoms with Crippen LogP contribution in [0.3, 0.4) is 0 Å². The Morgan fingerprint density at radius 2 is 1.78 bits per heavy atom. The zero-order chi connectivity index (χ0) is 17.1. The van der Waals surface area contributed by atoms with Gasteiger partial charge in [0, 0.05) is 25.0 Å². The lowest BCUT2D eigenvalue weighted by Gasteiger charge is -2.36. The van der Waals surface area contributed by atoms with Crippen LogP contribution in [-0.2, 0) is 11.5 Å². The Bertz CT molecular complexity index is 635. The molecule has 1 aromatic heterocycles. The van der Waals surface area contributed by atoms with E-state index in [0.717, 1.165) is 28.9 Å². The molecular formula is C17H27N3OSSi. The summed E-state index contributed by atoms with van der Waals surface area (Å²) in [5.41, 5.74) is 1.09. The van der Waals surface area contributed by atoms with Crippen LogP contribution in [0.5, 0.6) is 0 Å². The fraction of sp³-hybridized carbons (Fsp3) is 0.529. The van der Waals surface area contributed by atoms with Crippen LogP contribution in [0, 0.1) is 0 Å². The van der Waals surface area contributed by atoms with E-state index in [-0.39, 0.29) is 5.04 Å². The van der Waals surface area contributed by atoms with Gasteiger partial charge < -0.3 is 8.99 Å². The fourth-order valence-electron chi connectivity index (χ4n) is 1.93. The van der Waals surface area contributed by atoms with E-state index in [2.05, 4.69) is 56.2 Å². The zero-order valence-electron chi connectivity index (χ0n) is 15.0. The second kappa shape index (κ2) is 7.19. The Labute approximate surface area is 144 Å². The molecular weight excluding hydrogens is 322 g/mol. The van der Waals surface area contributed by atoms with Crippen LogP contribution in [0.2, 0.25) is 18.1 Å². The quantitative estimate of drug-likeness (QED) is 0.434. The first-order valence-corrected chi connectivity index (χ1v) is 11.8. The van der Waals surface area contributed by atoms with Crippen LogP contribution in [0.15, 0.2) is 35.5 Å². The third kappa shape index (κ3) is 4.46. The predicted octanol–water partition coefficient (Wildman–Crippen LogP) is 4.60. The van der Waals surface area contributed by atoms with E-state index in [0.29, 0.717) is 0 Å². The second-order valence-corrected chi connectivity index (χ2v) is 13.1. The van der Waals surface area contributed by atoms with Gasteiger partial charge in [-0.25, -0.2) is 0 Å². The highest BCUT2D eigenvalue weighted by Gasteiger charge is 2.36. The van der Waals surface area contributed by atoms with Gasteiger partial charge >= 0.3 is 0 Å². The number of aromatic nitrogens is 3. The molecule has 126 valence electrons. The van der Waals surface area contributed by atoms with Gasteiger partial charge in [0.25, 0.3) is 0 Å². The van der Waals surface area contributed by atoms with E-state index in [1.54, 1.807) is 11.8 Å². The van der Waals surface area contributed by atoms with Crippen LogP contribution in [0.1, 0.15) is 20.8 Å². The molecule has 0 atom stereocenters. The lowest BCUT2D eigenvalue weighted by molar-refractivity contribution is 0.311. The summed E-state index contributed by atoms with van der Waals surface area (Å²) in [5.74, 6) is 1.80. The maximum absolute atomic E-state index is 6.21. The number of benzene rings is 1. The largest absolute Gasteiger partial charge is 0.416 e.